The summed E-state index contributed by atoms with van der Waals surface area (Å²) >= 11 is 11.7. The van der Waals surface area contributed by atoms with Crippen LogP contribution in [0.15, 0.2) is 35.5 Å². The van der Waals surface area contributed by atoms with E-state index in [1.165, 1.54) is 0 Å². The summed E-state index contributed by atoms with van der Waals surface area (Å²) in [5.74, 6) is 1.22. The average molecular weight is 325 g/mol. The van der Waals surface area contributed by atoms with Crippen LogP contribution in [0, 0.1) is 11.8 Å². The van der Waals surface area contributed by atoms with Crippen LogP contribution in [0.5, 0.6) is 5.75 Å². The van der Waals surface area contributed by atoms with E-state index < -0.39 is 0 Å². The number of hydrazone groups is 1. The van der Waals surface area contributed by atoms with Crippen LogP contribution in [-0.2, 0) is 4.79 Å². The normalized spacial score (nSPS) is 24.6. The zero-order chi connectivity index (χ0) is 14.8. The van der Waals surface area contributed by atoms with Gasteiger partial charge in [0.15, 0.2) is 6.61 Å². The molecule has 1 N–H and O–H groups in total. The van der Waals surface area contributed by atoms with E-state index in [9.17, 15) is 4.79 Å². The second-order valence-electron chi connectivity index (χ2n) is 5.14. The Balaban J connectivity index is 1.47. The summed E-state index contributed by atoms with van der Waals surface area (Å²) in [5, 5.41) is 5.06. The molecular formula is C15H14Cl2N2O2. The number of allylic oxidation sites excluding steroid dienone is 2. The van der Waals surface area contributed by atoms with Gasteiger partial charge in [0.2, 0.25) is 0 Å². The van der Waals surface area contributed by atoms with Gasteiger partial charge in [-0.15, -0.1) is 0 Å². The Hall–Kier alpha value is -1.52. The minimum Gasteiger partial charge on any atom is -0.482 e. The molecule has 110 valence electrons. The lowest BCUT2D eigenvalue weighted by atomic mass is 9.74. The van der Waals surface area contributed by atoms with Crippen molar-refractivity contribution in [1.29, 1.82) is 0 Å². The third kappa shape index (κ3) is 3.22. The molecule has 2 aliphatic carbocycles. The van der Waals surface area contributed by atoms with Gasteiger partial charge in [-0.2, -0.15) is 5.10 Å². The van der Waals surface area contributed by atoms with Crippen LogP contribution < -0.4 is 10.2 Å². The fourth-order valence-electron chi connectivity index (χ4n) is 2.57. The highest BCUT2D eigenvalue weighted by Gasteiger charge is 2.37. The molecular weight excluding hydrogens is 311 g/mol. The number of benzene rings is 1. The molecule has 0 bridgehead atoms. The zero-order valence-electron chi connectivity index (χ0n) is 11.2. The largest absolute Gasteiger partial charge is 0.482 e. The summed E-state index contributed by atoms with van der Waals surface area (Å²) in [6, 6.07) is 4.85. The van der Waals surface area contributed by atoms with Crippen LogP contribution in [-0.4, -0.2) is 18.2 Å². The van der Waals surface area contributed by atoms with Gasteiger partial charge in [-0.1, -0.05) is 35.4 Å². The molecule has 6 heteroatoms. The first-order chi connectivity index (χ1) is 10.1. The molecule has 0 unspecified atom stereocenters. The molecule has 1 fully saturated rings. The molecule has 1 aromatic carbocycles. The van der Waals surface area contributed by atoms with Crippen molar-refractivity contribution in [3.8, 4) is 5.75 Å². The van der Waals surface area contributed by atoms with Crippen LogP contribution in [0.3, 0.4) is 0 Å². The van der Waals surface area contributed by atoms with Crippen molar-refractivity contribution in [2.45, 2.75) is 12.8 Å². The van der Waals surface area contributed by atoms with Crippen LogP contribution in [0.25, 0.3) is 0 Å². The van der Waals surface area contributed by atoms with E-state index in [-0.39, 0.29) is 12.5 Å². The Labute approximate surface area is 132 Å². The van der Waals surface area contributed by atoms with Crippen LogP contribution in [0.2, 0.25) is 10.0 Å². The predicted molar refractivity (Wildman–Crippen MR) is 82.9 cm³/mol. The summed E-state index contributed by atoms with van der Waals surface area (Å²) in [7, 11) is 0. The highest BCUT2D eigenvalue weighted by Crippen LogP contribution is 2.40. The topological polar surface area (TPSA) is 50.7 Å². The zero-order valence-corrected chi connectivity index (χ0v) is 12.7. The molecule has 21 heavy (non-hydrogen) atoms. The van der Waals surface area contributed by atoms with Gasteiger partial charge in [0.25, 0.3) is 5.91 Å². The number of hydrogen-bond acceptors (Lipinski definition) is 3. The third-order valence-corrected chi connectivity index (χ3v) is 4.27. The van der Waals surface area contributed by atoms with Gasteiger partial charge < -0.3 is 4.74 Å². The molecule has 0 radical (unpaired) electrons. The maximum atomic E-state index is 11.7. The van der Waals surface area contributed by atoms with E-state index in [1.54, 1.807) is 18.2 Å². The van der Waals surface area contributed by atoms with Gasteiger partial charge in [-0.3, -0.25) is 4.79 Å². The number of nitrogens with one attached hydrogen (secondary N) is 1. The van der Waals surface area contributed by atoms with Crippen LogP contribution in [0.4, 0.5) is 0 Å². The first-order valence-corrected chi connectivity index (χ1v) is 7.49. The minimum absolute atomic E-state index is 0.134. The molecule has 2 aliphatic rings. The lowest BCUT2D eigenvalue weighted by Crippen LogP contribution is -2.36. The molecule has 0 heterocycles. The fraction of sp³-hybridized carbons (Fsp3) is 0.333. The number of hydrogen-bond donors (Lipinski definition) is 1. The van der Waals surface area contributed by atoms with E-state index in [0.717, 1.165) is 18.6 Å². The van der Waals surface area contributed by atoms with Gasteiger partial charge in [0.05, 0.1) is 5.02 Å². The first kappa shape index (κ1) is 14.4. The van der Waals surface area contributed by atoms with E-state index in [1.807, 2.05) is 0 Å². The maximum absolute atomic E-state index is 11.7. The SMILES string of the molecule is O=C(COc1ccc(Cl)cc1Cl)N/N=C1\C[C@@H]2C=CC[C@@H]12. The van der Waals surface area contributed by atoms with E-state index in [4.69, 9.17) is 27.9 Å². The molecule has 0 spiro atoms. The Morgan fingerprint density at radius 1 is 1.43 bits per heavy atom. The van der Waals surface area contributed by atoms with Crippen molar-refractivity contribution in [2.75, 3.05) is 6.61 Å². The van der Waals surface area contributed by atoms with E-state index in [0.29, 0.717) is 27.6 Å². The lowest BCUT2D eigenvalue weighted by Gasteiger charge is -2.31. The molecule has 0 aromatic heterocycles. The average Bonchev–Trinajstić information content (AvgIpc) is 2.79. The maximum Gasteiger partial charge on any atom is 0.277 e. The molecule has 3 rings (SSSR count). The highest BCUT2D eigenvalue weighted by molar-refractivity contribution is 6.35. The standard InChI is InChI=1S/C15H14Cl2N2O2/c16-10-4-5-14(12(17)7-10)21-8-15(20)19-18-13-6-9-2-1-3-11(9)13/h1-2,4-5,7,9,11H,3,6,8H2,(H,19,20)/b18-13+/t9-,11+/m0/s1. The number of carbonyl (C=O) groups excluding carboxylic acids is 1. The van der Waals surface area contributed by atoms with E-state index >= 15 is 0 Å². The lowest BCUT2D eigenvalue weighted by molar-refractivity contribution is -0.123. The van der Waals surface area contributed by atoms with Gasteiger partial charge in [-0.25, -0.2) is 5.43 Å². The first-order valence-electron chi connectivity index (χ1n) is 6.73. The summed E-state index contributed by atoms with van der Waals surface area (Å²) in [6.45, 7) is -0.134. The molecule has 1 saturated carbocycles. The quantitative estimate of drug-likeness (QED) is 0.681. The number of nitrogens with zero attached hydrogens (tertiary/aromatic N) is 1. The molecule has 0 saturated heterocycles. The molecule has 2 atom stereocenters. The van der Waals surface area contributed by atoms with Crippen molar-refractivity contribution in [1.82, 2.24) is 5.43 Å². The van der Waals surface area contributed by atoms with Crippen molar-refractivity contribution >= 4 is 34.8 Å². The Morgan fingerprint density at radius 3 is 3.05 bits per heavy atom. The van der Waals surface area contributed by atoms with Gasteiger partial charge in [-0.05, 0) is 37.0 Å². The Bertz CT molecular complexity index is 628. The molecule has 1 aromatic rings. The molecule has 0 aliphatic heterocycles. The second-order valence-corrected chi connectivity index (χ2v) is 5.98. The van der Waals surface area contributed by atoms with Gasteiger partial charge in [0, 0.05) is 16.7 Å². The molecule has 1 amide bonds. The number of amides is 1. The minimum atomic E-state index is -0.303. The third-order valence-electron chi connectivity index (χ3n) is 3.74. The number of ether oxygens (including phenoxy) is 1. The number of fused-ring (bicyclic) bond motifs is 1. The van der Waals surface area contributed by atoms with Crippen molar-refractivity contribution in [3.63, 3.8) is 0 Å². The number of rotatable bonds is 4. The van der Waals surface area contributed by atoms with Crippen molar-refractivity contribution in [2.24, 2.45) is 16.9 Å². The molecule has 4 nitrogen and oxygen atoms in total. The Morgan fingerprint density at radius 2 is 2.29 bits per heavy atom. The van der Waals surface area contributed by atoms with Crippen molar-refractivity contribution < 1.29 is 9.53 Å². The second kappa shape index (κ2) is 6.08. The summed E-state index contributed by atoms with van der Waals surface area (Å²) in [5.41, 5.74) is 3.58. The highest BCUT2D eigenvalue weighted by atomic mass is 35.5. The van der Waals surface area contributed by atoms with E-state index in [2.05, 4.69) is 22.7 Å². The van der Waals surface area contributed by atoms with Crippen LogP contribution >= 0.6 is 23.2 Å². The summed E-state index contributed by atoms with van der Waals surface area (Å²) in [4.78, 5) is 11.7. The monoisotopic (exact) mass is 324 g/mol. The summed E-state index contributed by atoms with van der Waals surface area (Å²) in [6.07, 6.45) is 6.35. The smallest absolute Gasteiger partial charge is 0.277 e. The van der Waals surface area contributed by atoms with Gasteiger partial charge in [0.1, 0.15) is 5.75 Å². The Kier molecular flexibility index (Phi) is 4.17. The van der Waals surface area contributed by atoms with Crippen LogP contribution in [0.1, 0.15) is 12.8 Å². The summed E-state index contributed by atoms with van der Waals surface area (Å²) < 4.78 is 5.34. The number of halogens is 2. The van der Waals surface area contributed by atoms with Gasteiger partial charge >= 0.3 is 0 Å². The number of carbonyl (C=O) groups is 1. The predicted octanol–water partition coefficient (Wildman–Crippen LogP) is 3.44. The fourth-order valence-corrected chi connectivity index (χ4v) is 3.03. The van der Waals surface area contributed by atoms with Crippen molar-refractivity contribution in [3.05, 3.63) is 40.4 Å².